The van der Waals surface area contributed by atoms with Crippen molar-refractivity contribution in [2.24, 2.45) is 5.73 Å². The van der Waals surface area contributed by atoms with Gasteiger partial charge in [0.15, 0.2) is 0 Å². The van der Waals surface area contributed by atoms with Gasteiger partial charge in [-0.3, -0.25) is 14.5 Å². The smallest absolute Gasteiger partial charge is 0.211 e. The minimum atomic E-state index is -0.320. The number of quaternary nitrogens is 1. The summed E-state index contributed by atoms with van der Waals surface area (Å²) in [5.41, 5.74) is 7.96. The van der Waals surface area contributed by atoms with Crippen molar-refractivity contribution in [3.63, 3.8) is 0 Å². The fraction of sp³-hybridized carbons (Fsp3) is 0.400. The Morgan fingerprint density at radius 3 is 2.55 bits per heavy atom. The number of carbonyl (C=O) groups excluding carboxylic acids is 2. The van der Waals surface area contributed by atoms with Crippen LogP contribution in [0.2, 0.25) is 0 Å². The number of thioether (sulfide) groups is 1. The van der Waals surface area contributed by atoms with Crippen molar-refractivity contribution in [2.45, 2.75) is 31.6 Å². The first-order chi connectivity index (χ1) is 22.8. The summed E-state index contributed by atoms with van der Waals surface area (Å²) in [6, 6.07) is 11.4. The molecule has 1 unspecified atom stereocenters. The van der Waals surface area contributed by atoms with Crippen LogP contribution < -0.4 is 27.2 Å². The highest BCUT2D eigenvalue weighted by atomic mass is 32.2. The summed E-state index contributed by atoms with van der Waals surface area (Å²) in [6.45, 7) is 12.0. The first-order valence-electron chi connectivity index (χ1n) is 16.0. The van der Waals surface area contributed by atoms with E-state index in [0.717, 1.165) is 74.9 Å². The molecule has 2 aromatic rings. The zero-order valence-corrected chi connectivity index (χ0v) is 28.8. The fourth-order valence-corrected chi connectivity index (χ4v) is 6.68. The Balaban J connectivity index is 0.00000294. The van der Waals surface area contributed by atoms with Crippen LogP contribution in [0.1, 0.15) is 46.9 Å². The molecule has 47 heavy (non-hydrogen) atoms. The number of anilines is 2. The molecular weight excluding hydrogens is 613 g/mol. The van der Waals surface area contributed by atoms with Gasteiger partial charge in [-0.25, -0.2) is 16.1 Å². The zero-order chi connectivity index (χ0) is 34.2. The van der Waals surface area contributed by atoms with Gasteiger partial charge in [-0.05, 0) is 89.8 Å². The summed E-state index contributed by atoms with van der Waals surface area (Å²) in [4.78, 5) is 39.2. The summed E-state index contributed by atoms with van der Waals surface area (Å²) in [5.74, 6) is 2.71. The molecule has 0 spiro atoms. The molecule has 2 heterocycles. The van der Waals surface area contributed by atoms with E-state index in [1.54, 1.807) is 30.0 Å². The van der Waals surface area contributed by atoms with Crippen molar-refractivity contribution in [1.82, 2.24) is 20.1 Å². The standard InChI is InChI=1S/C35H47N7O2S.H4NO/c1-5-11-27(12-6-2)45-31(14-9-19-40(3)4)39-26-15-16-28-29(25-26)34(43)32(36)33(35(28)44)38-18-10-20-41-21-23-42(24-22-41)30-13-7-8-17-37-30;1-2/h5-8,11-13,15-17,25,31,38-39H,1,9-10,14,18-24,36H2,2-4H3;2H,1H3/q;+1/b12-6-,27-11+;. The van der Waals surface area contributed by atoms with Crippen LogP contribution in [-0.2, 0) is 0 Å². The summed E-state index contributed by atoms with van der Waals surface area (Å²) in [5, 5.41) is 13.6. The van der Waals surface area contributed by atoms with Gasteiger partial charge in [0.25, 0.3) is 0 Å². The Bertz CT molecular complexity index is 1420. The van der Waals surface area contributed by atoms with Gasteiger partial charge in [0.05, 0.1) is 5.37 Å². The van der Waals surface area contributed by atoms with Gasteiger partial charge in [-0.1, -0.05) is 30.9 Å². The monoisotopic (exact) mass is 663 g/mol. The molecule has 4 rings (SSSR count). The third kappa shape index (κ3) is 11.1. The second-order valence-electron chi connectivity index (χ2n) is 11.5. The number of ketones is 2. The zero-order valence-electron chi connectivity index (χ0n) is 28.0. The van der Waals surface area contributed by atoms with Crippen LogP contribution in [-0.4, -0.2) is 96.8 Å². The van der Waals surface area contributed by atoms with E-state index in [0.29, 0.717) is 17.7 Å². The lowest BCUT2D eigenvalue weighted by molar-refractivity contribution is -0.670. The third-order valence-electron chi connectivity index (χ3n) is 7.84. The number of nitrogens with zero attached hydrogens (tertiary/aromatic N) is 4. The van der Waals surface area contributed by atoms with Crippen molar-refractivity contribution in [3.05, 3.63) is 101 Å². The van der Waals surface area contributed by atoms with Crippen molar-refractivity contribution in [3.8, 4) is 0 Å². The van der Waals surface area contributed by atoms with Crippen molar-refractivity contribution < 1.29 is 20.7 Å². The Morgan fingerprint density at radius 1 is 1.13 bits per heavy atom. The molecule has 11 nitrogen and oxygen atoms in total. The lowest BCUT2D eigenvalue weighted by atomic mass is 9.90. The SMILES string of the molecule is C=C/C=C(\C=C/C)SC(CCCN(C)C)Nc1ccc2c(c1)C(=O)C(N)=C(NCCCN1CCN(c3ccccn3)CC1)C2=O.[NH3+]O. The lowest BCUT2D eigenvalue weighted by Crippen LogP contribution is -2.47. The van der Waals surface area contributed by atoms with Crippen LogP contribution in [0.15, 0.2) is 89.8 Å². The maximum atomic E-state index is 13.4. The van der Waals surface area contributed by atoms with E-state index >= 15 is 0 Å². The van der Waals surface area contributed by atoms with Crippen LogP contribution in [0, 0.1) is 0 Å². The van der Waals surface area contributed by atoms with Gasteiger partial charge in [0.1, 0.15) is 17.2 Å². The number of pyridine rings is 1. The molecule has 254 valence electrons. The fourth-order valence-electron chi connectivity index (χ4n) is 5.49. The maximum Gasteiger partial charge on any atom is 0.211 e. The van der Waals surface area contributed by atoms with E-state index in [-0.39, 0.29) is 28.3 Å². The summed E-state index contributed by atoms with van der Waals surface area (Å²) >= 11 is 1.71. The number of aromatic nitrogens is 1. The Hall–Kier alpha value is -3.94. The van der Waals surface area contributed by atoms with Gasteiger partial charge >= 0.3 is 0 Å². The average Bonchev–Trinajstić information content (AvgIpc) is 3.08. The lowest BCUT2D eigenvalue weighted by Gasteiger charge is -2.35. The number of hydrogen-bond donors (Lipinski definition) is 5. The molecule has 1 aromatic carbocycles. The number of rotatable bonds is 16. The molecule has 0 bridgehead atoms. The molecule has 2 aliphatic rings. The number of benzene rings is 1. The predicted molar refractivity (Wildman–Crippen MR) is 192 cm³/mol. The molecule has 0 amide bonds. The minimum absolute atomic E-state index is 0.0187. The van der Waals surface area contributed by atoms with Crippen molar-refractivity contribution in [2.75, 3.05) is 70.1 Å². The average molecular weight is 664 g/mol. The molecule has 1 fully saturated rings. The molecule has 1 aliphatic heterocycles. The highest BCUT2D eigenvalue weighted by Gasteiger charge is 2.31. The maximum absolute atomic E-state index is 13.4. The topological polar surface area (TPSA) is 155 Å². The Labute approximate surface area is 283 Å². The van der Waals surface area contributed by atoms with Gasteiger partial charge in [-0.2, -0.15) is 0 Å². The second kappa shape index (κ2) is 19.7. The summed E-state index contributed by atoms with van der Waals surface area (Å²) < 4.78 is 0. The number of nitrogens with two attached hydrogens (primary N) is 1. The van der Waals surface area contributed by atoms with Gasteiger partial charge in [0.2, 0.25) is 11.6 Å². The van der Waals surface area contributed by atoms with Gasteiger partial charge < -0.3 is 26.2 Å². The molecule has 1 aromatic heterocycles. The van der Waals surface area contributed by atoms with E-state index in [9.17, 15) is 9.59 Å². The predicted octanol–water partition coefficient (Wildman–Crippen LogP) is 3.51. The molecule has 0 saturated carbocycles. The highest BCUT2D eigenvalue weighted by molar-refractivity contribution is 8.03. The number of hydrogen-bond acceptors (Lipinski definition) is 11. The number of Topliss-reactive ketones (excluding diaryl/α,β-unsaturated/α-hetero) is 2. The van der Waals surface area contributed by atoms with Crippen LogP contribution in [0.5, 0.6) is 0 Å². The van der Waals surface area contributed by atoms with Gasteiger partial charge in [0, 0.05) is 60.6 Å². The minimum Gasteiger partial charge on any atom is -0.394 e. The third-order valence-corrected chi connectivity index (χ3v) is 9.02. The van der Waals surface area contributed by atoms with Crippen molar-refractivity contribution in [1.29, 1.82) is 0 Å². The van der Waals surface area contributed by atoms with E-state index in [4.69, 9.17) is 10.9 Å². The number of fused-ring (bicyclic) bond motifs is 1. The molecule has 1 aliphatic carbocycles. The van der Waals surface area contributed by atoms with Gasteiger partial charge in [-0.15, -0.1) is 11.8 Å². The number of allylic oxidation sites excluding steroid dienone is 6. The van der Waals surface area contributed by atoms with Crippen LogP contribution in [0.25, 0.3) is 0 Å². The largest absolute Gasteiger partial charge is 0.394 e. The van der Waals surface area contributed by atoms with E-state index < -0.39 is 0 Å². The quantitative estimate of drug-likeness (QED) is 0.0776. The van der Waals surface area contributed by atoms with Crippen LogP contribution in [0.4, 0.5) is 11.5 Å². The molecule has 1 saturated heterocycles. The summed E-state index contributed by atoms with van der Waals surface area (Å²) in [7, 11) is 4.13. The number of piperazine rings is 1. The molecule has 12 heteroatoms. The number of nitrogens with one attached hydrogen (secondary N) is 2. The van der Waals surface area contributed by atoms with E-state index in [2.05, 4.69) is 63.0 Å². The molecule has 1 atom stereocenters. The number of carbonyl (C=O) groups is 2. The molecular formula is C35H51N8O3S+. The Kier molecular flexibility index (Phi) is 15.7. The molecule has 0 radical (unpaired) electrons. The summed E-state index contributed by atoms with van der Waals surface area (Å²) in [6.07, 6.45) is 12.4. The van der Waals surface area contributed by atoms with Crippen molar-refractivity contribution >= 4 is 34.8 Å². The first-order valence-corrected chi connectivity index (χ1v) is 16.9. The normalized spacial score (nSPS) is 16.2. The van der Waals surface area contributed by atoms with Crippen LogP contribution in [0.3, 0.4) is 0 Å². The Morgan fingerprint density at radius 2 is 1.89 bits per heavy atom. The van der Waals surface area contributed by atoms with E-state index in [1.165, 1.54) is 0 Å². The highest BCUT2D eigenvalue weighted by Crippen LogP contribution is 2.31. The van der Waals surface area contributed by atoms with E-state index in [1.807, 2.05) is 49.5 Å². The van der Waals surface area contributed by atoms with Crippen LogP contribution >= 0.6 is 11.8 Å². The second-order valence-corrected chi connectivity index (χ2v) is 12.8. The molecule has 8 N–H and O–H groups in total. The first kappa shape index (κ1) is 37.5.